The highest BCUT2D eigenvalue weighted by Crippen LogP contribution is 2.26. The molecule has 0 aliphatic rings. The summed E-state index contributed by atoms with van der Waals surface area (Å²) in [6.07, 6.45) is 1.72. The Labute approximate surface area is 122 Å². The normalized spacial score (nSPS) is 10.8. The minimum absolute atomic E-state index is 0.642. The van der Waals surface area contributed by atoms with E-state index in [1.54, 1.807) is 23.5 Å². The molecule has 0 bridgehead atoms. The van der Waals surface area contributed by atoms with E-state index in [2.05, 4.69) is 15.2 Å². The van der Waals surface area contributed by atoms with Crippen LogP contribution in [0.3, 0.4) is 0 Å². The molecule has 1 aromatic carbocycles. The number of nitrogens with zero attached hydrogens (tertiary/aromatic N) is 3. The summed E-state index contributed by atoms with van der Waals surface area (Å²) >= 11 is 8.91. The molecule has 2 heterocycles. The van der Waals surface area contributed by atoms with Gasteiger partial charge in [0.05, 0.1) is 11.9 Å². The van der Waals surface area contributed by atoms with Crippen LogP contribution in [0.5, 0.6) is 0 Å². The number of rotatable bonds is 4. The molecule has 3 rings (SSSR count). The Bertz CT molecular complexity index is 652. The van der Waals surface area contributed by atoms with Crippen LogP contribution < -0.4 is 0 Å². The Hall–Kier alpha value is -1.37. The second-order valence-corrected chi connectivity index (χ2v) is 6.11. The van der Waals surface area contributed by atoms with E-state index in [1.807, 2.05) is 24.3 Å². The SMILES string of the molecule is Clc1ccc(-c2cnc(CSc3nncs3)o2)cc1. The summed E-state index contributed by atoms with van der Waals surface area (Å²) in [6.45, 7) is 0. The van der Waals surface area contributed by atoms with Crippen LogP contribution >= 0.6 is 34.7 Å². The molecule has 19 heavy (non-hydrogen) atoms. The first-order valence-corrected chi connectivity index (χ1v) is 7.65. The number of hydrogen-bond donors (Lipinski definition) is 0. The van der Waals surface area contributed by atoms with Crippen LogP contribution in [0.4, 0.5) is 0 Å². The smallest absolute Gasteiger partial charge is 0.205 e. The molecular formula is C12H8ClN3OS2. The molecule has 0 saturated carbocycles. The van der Waals surface area contributed by atoms with E-state index < -0.39 is 0 Å². The highest BCUT2D eigenvalue weighted by molar-refractivity contribution is 8.00. The summed E-state index contributed by atoms with van der Waals surface area (Å²) in [4.78, 5) is 4.25. The first-order chi connectivity index (χ1) is 9.31. The van der Waals surface area contributed by atoms with Crippen molar-refractivity contribution in [1.29, 1.82) is 0 Å². The Morgan fingerprint density at radius 3 is 2.84 bits per heavy atom. The van der Waals surface area contributed by atoms with Gasteiger partial charge in [0, 0.05) is 10.6 Å². The first-order valence-electron chi connectivity index (χ1n) is 5.41. The molecule has 4 nitrogen and oxygen atoms in total. The molecule has 0 unspecified atom stereocenters. The third-order valence-electron chi connectivity index (χ3n) is 2.34. The van der Waals surface area contributed by atoms with Gasteiger partial charge in [-0.15, -0.1) is 10.2 Å². The summed E-state index contributed by atoms with van der Waals surface area (Å²) in [7, 11) is 0. The lowest BCUT2D eigenvalue weighted by Gasteiger charge is -1.96. The quantitative estimate of drug-likeness (QED) is 0.678. The lowest BCUT2D eigenvalue weighted by Crippen LogP contribution is -1.78. The molecule has 0 atom stereocenters. The molecule has 0 fully saturated rings. The van der Waals surface area contributed by atoms with Gasteiger partial charge in [-0.2, -0.15) is 0 Å². The first kappa shape index (κ1) is 12.7. The number of benzene rings is 1. The van der Waals surface area contributed by atoms with Gasteiger partial charge in [0.1, 0.15) is 5.51 Å². The highest BCUT2D eigenvalue weighted by atomic mass is 35.5. The van der Waals surface area contributed by atoms with Crippen molar-refractivity contribution in [2.75, 3.05) is 0 Å². The summed E-state index contributed by atoms with van der Waals surface area (Å²) < 4.78 is 6.60. The van der Waals surface area contributed by atoms with Crippen molar-refractivity contribution >= 4 is 34.7 Å². The molecular weight excluding hydrogens is 302 g/mol. The van der Waals surface area contributed by atoms with Gasteiger partial charge >= 0.3 is 0 Å². The van der Waals surface area contributed by atoms with E-state index in [0.29, 0.717) is 16.7 Å². The number of aromatic nitrogens is 3. The van der Waals surface area contributed by atoms with Crippen molar-refractivity contribution in [2.45, 2.75) is 10.1 Å². The number of halogens is 1. The number of hydrogen-bond acceptors (Lipinski definition) is 6. The van der Waals surface area contributed by atoms with E-state index in [4.69, 9.17) is 16.0 Å². The Morgan fingerprint density at radius 2 is 2.11 bits per heavy atom. The van der Waals surface area contributed by atoms with Crippen LogP contribution in [0, 0.1) is 0 Å². The molecule has 0 aliphatic carbocycles. The maximum atomic E-state index is 5.85. The van der Waals surface area contributed by atoms with Gasteiger partial charge in [-0.25, -0.2) is 4.98 Å². The van der Waals surface area contributed by atoms with Gasteiger partial charge in [-0.1, -0.05) is 34.7 Å². The summed E-state index contributed by atoms with van der Waals surface area (Å²) in [5, 5.41) is 8.44. The van der Waals surface area contributed by atoms with Crippen LogP contribution in [0.15, 0.2) is 44.7 Å². The van der Waals surface area contributed by atoms with E-state index in [1.165, 1.54) is 11.3 Å². The van der Waals surface area contributed by atoms with Gasteiger partial charge < -0.3 is 4.42 Å². The highest BCUT2D eigenvalue weighted by Gasteiger charge is 2.08. The van der Waals surface area contributed by atoms with E-state index >= 15 is 0 Å². The lowest BCUT2D eigenvalue weighted by molar-refractivity contribution is 0.530. The zero-order chi connectivity index (χ0) is 13.1. The van der Waals surface area contributed by atoms with Crippen LogP contribution in [-0.2, 0) is 5.75 Å². The van der Waals surface area contributed by atoms with Gasteiger partial charge in [0.25, 0.3) is 0 Å². The molecule has 0 spiro atoms. The minimum Gasteiger partial charge on any atom is -0.440 e. The van der Waals surface area contributed by atoms with Crippen LogP contribution in [0.25, 0.3) is 11.3 Å². The maximum Gasteiger partial charge on any atom is 0.205 e. The zero-order valence-electron chi connectivity index (χ0n) is 9.62. The predicted octanol–water partition coefficient (Wildman–Crippen LogP) is 4.14. The molecule has 7 heteroatoms. The average molecular weight is 310 g/mol. The summed E-state index contributed by atoms with van der Waals surface area (Å²) in [5.74, 6) is 2.05. The Morgan fingerprint density at radius 1 is 1.26 bits per heavy atom. The van der Waals surface area contributed by atoms with E-state index in [9.17, 15) is 0 Å². The largest absolute Gasteiger partial charge is 0.440 e. The predicted molar refractivity (Wildman–Crippen MR) is 76.4 cm³/mol. The Balaban J connectivity index is 1.70. The van der Waals surface area contributed by atoms with Gasteiger partial charge in [0.15, 0.2) is 10.1 Å². The monoisotopic (exact) mass is 309 g/mol. The molecule has 96 valence electrons. The fraction of sp³-hybridized carbons (Fsp3) is 0.0833. The fourth-order valence-corrected chi connectivity index (χ4v) is 2.94. The van der Waals surface area contributed by atoms with Crippen molar-refractivity contribution in [3.05, 3.63) is 46.9 Å². The third kappa shape index (κ3) is 3.15. The summed E-state index contributed by atoms with van der Waals surface area (Å²) in [6, 6.07) is 7.47. The lowest BCUT2D eigenvalue weighted by atomic mass is 10.2. The second-order valence-electron chi connectivity index (χ2n) is 3.62. The van der Waals surface area contributed by atoms with Crippen molar-refractivity contribution in [3.63, 3.8) is 0 Å². The molecule has 0 amide bonds. The van der Waals surface area contributed by atoms with Gasteiger partial charge in [0.2, 0.25) is 5.89 Å². The number of thioether (sulfide) groups is 1. The molecule has 0 aliphatic heterocycles. The van der Waals surface area contributed by atoms with Crippen LogP contribution in [0.1, 0.15) is 5.89 Å². The third-order valence-corrected chi connectivity index (χ3v) is 4.44. The molecule has 0 radical (unpaired) electrons. The van der Waals surface area contributed by atoms with Crippen LogP contribution in [-0.4, -0.2) is 15.2 Å². The molecule has 2 aromatic heterocycles. The second kappa shape index (κ2) is 5.73. The van der Waals surface area contributed by atoms with Crippen molar-refractivity contribution < 1.29 is 4.42 Å². The fourth-order valence-electron chi connectivity index (χ4n) is 1.47. The average Bonchev–Trinajstić information content (AvgIpc) is 3.09. The standard InChI is InChI=1S/C12H8ClN3OS2/c13-9-3-1-8(2-4-9)10-5-14-11(17-10)6-18-12-16-15-7-19-12/h1-5,7H,6H2. The molecule has 3 aromatic rings. The Kier molecular flexibility index (Phi) is 3.82. The van der Waals surface area contributed by atoms with Gasteiger partial charge in [-0.05, 0) is 24.3 Å². The van der Waals surface area contributed by atoms with Gasteiger partial charge in [-0.3, -0.25) is 0 Å². The van der Waals surface area contributed by atoms with Crippen LogP contribution in [0.2, 0.25) is 5.02 Å². The number of oxazole rings is 1. The summed E-state index contributed by atoms with van der Waals surface area (Å²) in [5.41, 5.74) is 2.67. The van der Waals surface area contributed by atoms with E-state index in [0.717, 1.165) is 15.7 Å². The van der Waals surface area contributed by atoms with E-state index in [-0.39, 0.29) is 0 Å². The molecule has 0 N–H and O–H groups in total. The zero-order valence-corrected chi connectivity index (χ0v) is 12.0. The minimum atomic E-state index is 0.642. The van der Waals surface area contributed by atoms with Crippen molar-refractivity contribution in [2.24, 2.45) is 0 Å². The topological polar surface area (TPSA) is 51.8 Å². The molecule has 0 saturated heterocycles. The maximum absolute atomic E-state index is 5.85. The van der Waals surface area contributed by atoms with Crippen molar-refractivity contribution in [3.8, 4) is 11.3 Å². The van der Waals surface area contributed by atoms with Crippen molar-refractivity contribution in [1.82, 2.24) is 15.2 Å².